The fourth-order valence-corrected chi connectivity index (χ4v) is 5.16. The van der Waals surface area contributed by atoms with Gasteiger partial charge in [-0.25, -0.2) is 14.7 Å². The number of amides is 1. The van der Waals surface area contributed by atoms with Crippen LogP contribution in [0.1, 0.15) is 29.8 Å². The zero-order chi connectivity index (χ0) is 24.2. The molecule has 0 bridgehead atoms. The summed E-state index contributed by atoms with van der Waals surface area (Å²) in [7, 11) is 1.78. The van der Waals surface area contributed by atoms with Crippen LogP contribution in [0.15, 0.2) is 70.5 Å². The van der Waals surface area contributed by atoms with Crippen molar-refractivity contribution in [2.45, 2.75) is 25.9 Å². The van der Waals surface area contributed by atoms with Crippen molar-refractivity contribution in [3.8, 4) is 11.3 Å². The van der Waals surface area contributed by atoms with Gasteiger partial charge in [-0.3, -0.25) is 14.6 Å². The normalized spacial score (nSPS) is 16.2. The monoisotopic (exact) mass is 483 g/mol. The second-order valence-electron chi connectivity index (χ2n) is 9.44. The van der Waals surface area contributed by atoms with Gasteiger partial charge in [-0.2, -0.15) is 5.10 Å². The lowest BCUT2D eigenvalue weighted by Crippen LogP contribution is -2.49. The molecule has 35 heavy (non-hydrogen) atoms. The Bertz CT molecular complexity index is 1420. The molecule has 1 N–H and O–H groups in total. The molecule has 9 heteroatoms. The summed E-state index contributed by atoms with van der Waals surface area (Å²) in [4.78, 5) is 26.5. The largest absolute Gasteiger partial charge is 0.338 e. The number of guanidine groups is 1. The molecule has 0 unspecified atom stereocenters. The van der Waals surface area contributed by atoms with Crippen LogP contribution in [0, 0.1) is 0 Å². The predicted molar refractivity (Wildman–Crippen MR) is 140 cm³/mol. The van der Waals surface area contributed by atoms with E-state index in [9.17, 15) is 4.79 Å². The Morgan fingerprint density at radius 2 is 1.86 bits per heavy atom. The second-order valence-corrected chi connectivity index (χ2v) is 10.2. The van der Waals surface area contributed by atoms with Crippen LogP contribution in [-0.4, -0.2) is 50.7 Å². The maximum absolute atomic E-state index is 13.5. The maximum atomic E-state index is 13.5. The molecule has 2 aliphatic rings. The predicted octanol–water partition coefficient (Wildman–Crippen LogP) is 4.84. The summed E-state index contributed by atoms with van der Waals surface area (Å²) >= 11 is 1.58. The number of nitrogens with one attached hydrogen (secondary N) is 1. The number of carbonyl (C=O) groups is 1. The van der Waals surface area contributed by atoms with Gasteiger partial charge in [0.15, 0.2) is 5.82 Å². The van der Waals surface area contributed by atoms with Crippen molar-refractivity contribution in [2.24, 2.45) is 4.99 Å². The molecule has 176 valence electrons. The van der Waals surface area contributed by atoms with Gasteiger partial charge in [-0.15, -0.1) is 11.3 Å². The van der Waals surface area contributed by atoms with Crippen molar-refractivity contribution in [2.75, 3.05) is 23.8 Å². The van der Waals surface area contributed by atoms with E-state index in [1.54, 1.807) is 23.3 Å². The number of anilines is 3. The van der Waals surface area contributed by atoms with E-state index in [4.69, 9.17) is 10.1 Å². The van der Waals surface area contributed by atoms with Crippen molar-refractivity contribution in [1.82, 2.24) is 19.7 Å². The van der Waals surface area contributed by atoms with Crippen molar-refractivity contribution in [3.63, 3.8) is 0 Å². The van der Waals surface area contributed by atoms with Crippen LogP contribution in [0.3, 0.4) is 0 Å². The number of fused-ring (bicyclic) bond motifs is 3. The number of hydrogen-bond acceptors (Lipinski definition) is 7. The van der Waals surface area contributed by atoms with Gasteiger partial charge >= 0.3 is 0 Å². The van der Waals surface area contributed by atoms with Crippen LogP contribution in [0.2, 0.25) is 0 Å². The summed E-state index contributed by atoms with van der Waals surface area (Å²) in [6.45, 7) is 5.36. The molecule has 0 fully saturated rings. The Morgan fingerprint density at radius 3 is 2.57 bits per heavy atom. The molecule has 0 saturated carbocycles. The fourth-order valence-electron chi connectivity index (χ4n) is 4.60. The van der Waals surface area contributed by atoms with Gasteiger partial charge in [0.25, 0.3) is 5.91 Å². The Hall–Kier alpha value is -3.98. The van der Waals surface area contributed by atoms with Gasteiger partial charge < -0.3 is 5.32 Å². The zero-order valence-electron chi connectivity index (χ0n) is 19.8. The summed E-state index contributed by atoms with van der Waals surface area (Å²) < 4.78 is 1.92. The molecular formula is C26H25N7OS. The van der Waals surface area contributed by atoms with E-state index >= 15 is 0 Å². The summed E-state index contributed by atoms with van der Waals surface area (Å²) in [6, 6.07) is 18.1. The minimum atomic E-state index is -0.303. The molecule has 0 aliphatic carbocycles. The average molecular weight is 484 g/mol. The van der Waals surface area contributed by atoms with Crippen molar-refractivity contribution >= 4 is 40.5 Å². The molecule has 0 saturated heterocycles. The quantitative estimate of drug-likeness (QED) is 0.440. The highest BCUT2D eigenvalue weighted by atomic mass is 32.1. The van der Waals surface area contributed by atoms with E-state index in [-0.39, 0.29) is 11.4 Å². The minimum Gasteiger partial charge on any atom is -0.338 e. The first-order chi connectivity index (χ1) is 16.9. The number of carbonyl (C=O) groups excluding carboxylic acids is 1. The highest BCUT2D eigenvalue weighted by molar-refractivity contribution is 7.07. The van der Waals surface area contributed by atoms with E-state index < -0.39 is 0 Å². The summed E-state index contributed by atoms with van der Waals surface area (Å²) in [5, 5.41) is 10.3. The van der Waals surface area contributed by atoms with Crippen LogP contribution in [0.25, 0.3) is 11.3 Å². The van der Waals surface area contributed by atoms with Crippen molar-refractivity contribution < 1.29 is 4.79 Å². The van der Waals surface area contributed by atoms with Crippen LogP contribution in [0.5, 0.6) is 0 Å². The first-order valence-corrected chi connectivity index (χ1v) is 12.4. The molecule has 0 spiro atoms. The van der Waals surface area contributed by atoms with Crippen LogP contribution < -0.4 is 10.2 Å². The number of rotatable bonds is 5. The Kier molecular flexibility index (Phi) is 4.96. The third-order valence-corrected chi connectivity index (χ3v) is 6.83. The Morgan fingerprint density at radius 1 is 1.09 bits per heavy atom. The fraction of sp³-hybridized carbons (Fsp3) is 0.231. The first kappa shape index (κ1) is 21.5. The number of benzene rings is 2. The lowest BCUT2D eigenvalue weighted by molar-refractivity contribution is 0.0866. The highest BCUT2D eigenvalue weighted by Gasteiger charge is 2.45. The van der Waals surface area contributed by atoms with E-state index in [1.807, 2.05) is 45.9 Å². The summed E-state index contributed by atoms with van der Waals surface area (Å²) in [5.74, 6) is 1.88. The van der Waals surface area contributed by atoms with E-state index in [0.29, 0.717) is 30.4 Å². The number of hydrogen-bond donors (Lipinski definition) is 1. The standard InChI is InChI=1S/C26H25N7OS/c1-26(2)15-32-23-21(24(34)31(3)25(32)29-26)22(28-19-7-5-4-6-8-19)30-33(23)13-17-9-11-18(12-10-17)20-14-35-16-27-20/h4-12,14,16H,13,15H2,1-3H3,(H,28,30). The van der Waals surface area contributed by atoms with Gasteiger partial charge in [0.05, 0.1) is 29.8 Å². The molecule has 4 heterocycles. The van der Waals surface area contributed by atoms with E-state index in [1.165, 1.54) is 0 Å². The smallest absolute Gasteiger partial charge is 0.267 e. The molecule has 1 amide bonds. The number of aromatic nitrogens is 3. The lowest BCUT2D eigenvalue weighted by atomic mass is 10.1. The van der Waals surface area contributed by atoms with Crippen LogP contribution in [-0.2, 0) is 6.54 Å². The number of aliphatic imine (C=N–C) groups is 1. The lowest BCUT2D eigenvalue weighted by Gasteiger charge is -2.32. The Balaban J connectivity index is 1.42. The van der Waals surface area contributed by atoms with Crippen molar-refractivity contribution in [3.05, 3.63) is 76.6 Å². The van der Waals surface area contributed by atoms with E-state index in [2.05, 4.69) is 53.3 Å². The molecule has 0 radical (unpaired) electrons. The van der Waals surface area contributed by atoms with Gasteiger partial charge in [0.1, 0.15) is 11.4 Å². The molecule has 6 rings (SSSR count). The first-order valence-electron chi connectivity index (χ1n) is 11.5. The Labute approximate surface area is 207 Å². The molecule has 2 aromatic heterocycles. The molecular weight excluding hydrogens is 458 g/mol. The third-order valence-electron chi connectivity index (χ3n) is 6.24. The van der Waals surface area contributed by atoms with Gasteiger partial charge in [0.2, 0.25) is 5.96 Å². The summed E-state index contributed by atoms with van der Waals surface area (Å²) in [5.41, 5.74) is 6.12. The number of thiazole rings is 1. The SMILES string of the molecule is CN1C(=O)c2c(Nc3ccccc3)nn(Cc3ccc(-c4cscn4)cc3)c2N2CC(C)(C)N=C12. The topological polar surface area (TPSA) is 78.7 Å². The molecule has 2 aromatic carbocycles. The second kappa shape index (κ2) is 8.06. The minimum absolute atomic E-state index is 0.115. The molecule has 0 atom stereocenters. The third kappa shape index (κ3) is 3.77. The van der Waals surface area contributed by atoms with Crippen molar-refractivity contribution in [1.29, 1.82) is 0 Å². The van der Waals surface area contributed by atoms with Gasteiger partial charge in [-0.05, 0) is 31.5 Å². The maximum Gasteiger partial charge on any atom is 0.267 e. The molecule has 8 nitrogen and oxygen atoms in total. The zero-order valence-corrected chi connectivity index (χ0v) is 20.6. The van der Waals surface area contributed by atoms with Gasteiger partial charge in [0, 0.05) is 23.7 Å². The average Bonchev–Trinajstić information content (AvgIpc) is 3.57. The highest BCUT2D eigenvalue weighted by Crippen LogP contribution is 2.39. The number of para-hydroxylation sites is 1. The van der Waals surface area contributed by atoms with Gasteiger partial charge in [-0.1, -0.05) is 42.5 Å². The van der Waals surface area contributed by atoms with Crippen LogP contribution >= 0.6 is 11.3 Å². The van der Waals surface area contributed by atoms with E-state index in [0.717, 1.165) is 28.3 Å². The molecule has 4 aromatic rings. The van der Waals surface area contributed by atoms with Crippen LogP contribution in [0.4, 0.5) is 17.3 Å². The number of nitrogens with zero attached hydrogens (tertiary/aromatic N) is 6. The summed E-state index contributed by atoms with van der Waals surface area (Å²) in [6.07, 6.45) is 0. The molecule has 2 aliphatic heterocycles.